The zero-order valence-corrected chi connectivity index (χ0v) is 20.5. The number of nitrogens with two attached hydrogens (primary N) is 1. The van der Waals surface area contributed by atoms with Gasteiger partial charge in [0.15, 0.2) is 5.82 Å². The maximum Gasteiger partial charge on any atom is 0.246 e. The van der Waals surface area contributed by atoms with E-state index in [1.54, 1.807) is 17.0 Å². The first-order valence-corrected chi connectivity index (χ1v) is 11.7. The number of amides is 1. The number of carbonyl (C=O) groups excluding carboxylic acids is 1. The van der Waals surface area contributed by atoms with Crippen molar-refractivity contribution in [2.24, 2.45) is 0 Å². The average molecular weight is 498 g/mol. The fourth-order valence-electron chi connectivity index (χ4n) is 4.73. The van der Waals surface area contributed by atoms with Crippen molar-refractivity contribution < 1.29 is 14.3 Å². The van der Waals surface area contributed by atoms with E-state index in [0.717, 1.165) is 10.8 Å². The molecule has 1 fully saturated rings. The second kappa shape index (κ2) is 9.24. The number of hydrogen-bond donors (Lipinski definition) is 2. The number of aromatic hydroxyl groups is 1. The molecule has 0 radical (unpaired) electrons. The van der Waals surface area contributed by atoms with Crippen LogP contribution in [0.25, 0.3) is 21.9 Å². The van der Waals surface area contributed by atoms with Crippen LogP contribution in [-0.2, 0) is 4.79 Å². The highest BCUT2D eigenvalue weighted by atomic mass is 35.5. The molecule has 3 aromatic carbocycles. The van der Waals surface area contributed by atoms with Crippen molar-refractivity contribution in [2.75, 3.05) is 18.8 Å². The van der Waals surface area contributed by atoms with Crippen LogP contribution in [-0.4, -0.2) is 51.0 Å². The summed E-state index contributed by atoms with van der Waals surface area (Å²) >= 11 is 12.4. The molecule has 0 aliphatic carbocycles. The van der Waals surface area contributed by atoms with Crippen molar-refractivity contribution in [1.29, 1.82) is 0 Å². The number of benzene rings is 3. The Morgan fingerprint density at radius 1 is 1.24 bits per heavy atom. The Morgan fingerprint density at radius 2 is 1.88 bits per heavy atom. The van der Waals surface area contributed by atoms with Crippen LogP contribution >= 0.6 is 23.8 Å². The Morgan fingerprint density at radius 3 is 2.53 bits per heavy atom. The van der Waals surface area contributed by atoms with Crippen LogP contribution < -0.4 is 5.73 Å². The number of nitrogen functional groups attached to an aromatic ring is 1. The normalized spacial score (nSPS) is 18.2. The van der Waals surface area contributed by atoms with Gasteiger partial charge in [0.1, 0.15) is 10.7 Å². The summed E-state index contributed by atoms with van der Waals surface area (Å²) in [5.74, 6) is -0.834. The molecule has 8 heteroatoms. The molecule has 0 saturated carbocycles. The van der Waals surface area contributed by atoms with Gasteiger partial charge in [-0.1, -0.05) is 54.7 Å². The number of phenols is 1. The molecule has 3 aromatic rings. The topological polar surface area (TPSA) is 69.8 Å². The minimum absolute atomic E-state index is 0.00285. The van der Waals surface area contributed by atoms with Crippen LogP contribution in [0, 0.1) is 5.82 Å². The second-order valence-electron chi connectivity index (χ2n) is 8.58. The summed E-state index contributed by atoms with van der Waals surface area (Å²) in [4.78, 5) is 16.1. The van der Waals surface area contributed by atoms with Crippen molar-refractivity contribution in [3.63, 3.8) is 0 Å². The van der Waals surface area contributed by atoms with Gasteiger partial charge in [0.25, 0.3) is 0 Å². The van der Waals surface area contributed by atoms with E-state index in [1.165, 1.54) is 12.1 Å². The Bertz CT molecular complexity index is 1320. The van der Waals surface area contributed by atoms with E-state index in [1.807, 2.05) is 43.0 Å². The largest absolute Gasteiger partial charge is 0.508 e. The lowest BCUT2D eigenvalue weighted by Gasteiger charge is -2.45. The molecule has 2 atom stereocenters. The van der Waals surface area contributed by atoms with Gasteiger partial charge in [-0.15, -0.1) is 0 Å². The Kier molecular flexibility index (Phi) is 6.51. The Hall–Kier alpha value is -3.16. The highest BCUT2D eigenvalue weighted by Crippen LogP contribution is 2.41. The number of anilines is 1. The van der Waals surface area contributed by atoms with E-state index in [4.69, 9.17) is 29.6 Å². The molecule has 4 rings (SSSR count). The number of hydrogen-bond acceptors (Lipinski definition) is 4. The number of thiocarbonyl (C=S) groups is 1. The fraction of sp³-hybridized carbons (Fsp3) is 0.231. The fourth-order valence-corrected chi connectivity index (χ4v) is 5.55. The zero-order valence-electron chi connectivity index (χ0n) is 18.9. The van der Waals surface area contributed by atoms with Gasteiger partial charge in [0.05, 0.1) is 10.7 Å². The van der Waals surface area contributed by atoms with Crippen molar-refractivity contribution in [1.82, 2.24) is 9.80 Å². The maximum atomic E-state index is 15.8. The van der Waals surface area contributed by atoms with Gasteiger partial charge in [-0.05, 0) is 54.5 Å². The number of fused-ring (bicyclic) bond motifs is 1. The van der Waals surface area contributed by atoms with Crippen LogP contribution in [0.3, 0.4) is 0 Å². The van der Waals surface area contributed by atoms with Gasteiger partial charge >= 0.3 is 0 Å². The molecule has 0 spiro atoms. The number of nitrogens with zero attached hydrogens (tertiary/aromatic N) is 2. The number of halogens is 2. The molecule has 34 heavy (non-hydrogen) atoms. The van der Waals surface area contributed by atoms with Crippen molar-refractivity contribution in [3.05, 3.63) is 71.5 Å². The van der Waals surface area contributed by atoms with Gasteiger partial charge < -0.3 is 20.6 Å². The standard InChI is InChI=1S/C26H25ClFN3O2S/c1-4-22(33)30-12-14(2)31(15(3)13-30)26(34)20-11-21(27)23(24(28)25(20)29)19-10-17(32)9-16-7-5-6-8-18(16)19/h4-11,14-15,32H,1,12-13,29H2,2-3H3. The summed E-state index contributed by atoms with van der Waals surface area (Å²) in [6, 6.07) is 11.8. The molecule has 0 aromatic heterocycles. The Labute approximate surface area is 208 Å². The predicted molar refractivity (Wildman–Crippen MR) is 140 cm³/mol. The maximum absolute atomic E-state index is 15.8. The quantitative estimate of drug-likeness (QED) is 0.289. The van der Waals surface area contributed by atoms with Crippen molar-refractivity contribution in [2.45, 2.75) is 25.9 Å². The molecule has 3 N–H and O–H groups in total. The van der Waals surface area contributed by atoms with Gasteiger partial charge in [-0.2, -0.15) is 0 Å². The van der Waals surface area contributed by atoms with E-state index in [2.05, 4.69) is 6.58 Å². The lowest BCUT2D eigenvalue weighted by molar-refractivity contribution is -0.129. The number of carbonyl (C=O) groups is 1. The van der Waals surface area contributed by atoms with Crippen LogP contribution in [0.4, 0.5) is 10.1 Å². The first-order chi connectivity index (χ1) is 16.1. The lowest BCUT2D eigenvalue weighted by Crippen LogP contribution is -2.59. The highest BCUT2D eigenvalue weighted by Gasteiger charge is 2.34. The van der Waals surface area contributed by atoms with Gasteiger partial charge in [-0.25, -0.2) is 4.39 Å². The molecule has 1 aliphatic rings. The molecule has 1 heterocycles. The lowest BCUT2D eigenvalue weighted by atomic mass is 9.95. The van der Waals surface area contributed by atoms with E-state index in [9.17, 15) is 9.90 Å². The van der Waals surface area contributed by atoms with Gasteiger partial charge in [0.2, 0.25) is 5.91 Å². The molecular formula is C26H25ClFN3O2S. The van der Waals surface area contributed by atoms with E-state index in [0.29, 0.717) is 29.2 Å². The van der Waals surface area contributed by atoms with Gasteiger partial charge in [0, 0.05) is 36.3 Å². The number of rotatable bonds is 3. The number of phenolic OH excluding ortho intramolecular Hbond substituents is 1. The van der Waals surface area contributed by atoms with E-state index < -0.39 is 5.82 Å². The van der Waals surface area contributed by atoms with Crippen LogP contribution in [0.15, 0.2) is 55.1 Å². The summed E-state index contributed by atoms with van der Waals surface area (Å²) in [5, 5.41) is 11.8. The highest BCUT2D eigenvalue weighted by molar-refractivity contribution is 7.80. The first kappa shape index (κ1) is 24.0. The molecule has 1 amide bonds. The summed E-state index contributed by atoms with van der Waals surface area (Å²) in [7, 11) is 0. The Balaban J connectivity index is 1.77. The number of piperazine rings is 1. The molecule has 176 valence electrons. The van der Waals surface area contributed by atoms with Gasteiger partial charge in [-0.3, -0.25) is 4.79 Å². The van der Waals surface area contributed by atoms with Crippen molar-refractivity contribution >= 4 is 51.2 Å². The summed E-state index contributed by atoms with van der Waals surface area (Å²) in [5.41, 5.74) is 7.05. The van der Waals surface area contributed by atoms with Crippen LogP contribution in [0.5, 0.6) is 5.75 Å². The molecule has 1 aliphatic heterocycles. The monoisotopic (exact) mass is 497 g/mol. The second-order valence-corrected chi connectivity index (χ2v) is 9.37. The average Bonchev–Trinajstić information content (AvgIpc) is 2.80. The summed E-state index contributed by atoms with van der Waals surface area (Å²) < 4.78 is 15.8. The third kappa shape index (κ3) is 4.10. The third-order valence-corrected chi connectivity index (χ3v) is 6.97. The third-order valence-electron chi connectivity index (χ3n) is 6.24. The van der Waals surface area contributed by atoms with Crippen LogP contribution in [0.1, 0.15) is 19.4 Å². The van der Waals surface area contributed by atoms with Crippen LogP contribution in [0.2, 0.25) is 5.02 Å². The molecule has 0 bridgehead atoms. The van der Waals surface area contributed by atoms with E-state index >= 15 is 4.39 Å². The minimum atomic E-state index is -0.693. The SMILES string of the molecule is C=CC(=O)N1CC(C)N(C(=S)c2cc(Cl)c(-c3cc(O)cc4ccccc34)c(F)c2N)C(C)C1. The molecule has 1 saturated heterocycles. The molecule has 5 nitrogen and oxygen atoms in total. The molecular weight excluding hydrogens is 473 g/mol. The van der Waals surface area contributed by atoms with E-state index in [-0.39, 0.29) is 40.0 Å². The summed E-state index contributed by atoms with van der Waals surface area (Å²) in [6.07, 6.45) is 1.30. The summed E-state index contributed by atoms with van der Waals surface area (Å²) in [6.45, 7) is 8.37. The zero-order chi connectivity index (χ0) is 24.7. The predicted octanol–water partition coefficient (Wildman–Crippen LogP) is 5.37. The minimum Gasteiger partial charge on any atom is -0.508 e. The smallest absolute Gasteiger partial charge is 0.246 e. The first-order valence-electron chi connectivity index (χ1n) is 10.9. The molecule has 2 unspecified atom stereocenters. The van der Waals surface area contributed by atoms with Crippen molar-refractivity contribution in [3.8, 4) is 16.9 Å².